The normalized spacial score (nSPS) is 30.2. The number of halogens is 2. The lowest BCUT2D eigenvalue weighted by Gasteiger charge is -2.38. The molecule has 4 rings (SSSR count). The molecule has 0 aliphatic carbocycles. The van der Waals surface area contributed by atoms with Crippen molar-refractivity contribution in [1.82, 2.24) is 9.80 Å². The van der Waals surface area contributed by atoms with Crippen LogP contribution in [0.5, 0.6) is 0 Å². The Bertz CT molecular complexity index is 1100. The van der Waals surface area contributed by atoms with Crippen LogP contribution in [0.1, 0.15) is 26.7 Å². The number of rotatable bonds is 11. The summed E-state index contributed by atoms with van der Waals surface area (Å²) in [4.78, 5) is 46.9. The van der Waals surface area contributed by atoms with Gasteiger partial charge in [0.2, 0.25) is 11.8 Å². The van der Waals surface area contributed by atoms with Crippen molar-refractivity contribution in [3.63, 3.8) is 0 Å². The molecule has 0 aromatic heterocycles. The van der Waals surface area contributed by atoms with Crippen LogP contribution in [0.15, 0.2) is 49.6 Å². The van der Waals surface area contributed by atoms with Crippen LogP contribution < -0.4 is 4.90 Å². The van der Waals surface area contributed by atoms with Gasteiger partial charge < -0.3 is 24.5 Å². The van der Waals surface area contributed by atoms with E-state index in [0.717, 1.165) is 6.42 Å². The van der Waals surface area contributed by atoms with E-state index >= 15 is 0 Å². The van der Waals surface area contributed by atoms with Gasteiger partial charge in [0.1, 0.15) is 11.6 Å². The first kappa shape index (κ1) is 28.8. The Balaban J connectivity index is 1.81. The second-order valence-corrected chi connectivity index (χ2v) is 11.8. The average Bonchev–Trinajstić information content (AvgIpc) is 3.50. The molecule has 7 atom stereocenters. The van der Waals surface area contributed by atoms with Crippen molar-refractivity contribution in [2.24, 2.45) is 11.8 Å². The van der Waals surface area contributed by atoms with Gasteiger partial charge in [-0.25, -0.2) is 0 Å². The molecule has 1 N–H and O–H groups in total. The Kier molecular flexibility index (Phi) is 8.71. The largest absolute Gasteiger partial charge is 0.394 e. The van der Waals surface area contributed by atoms with Crippen molar-refractivity contribution in [1.29, 1.82) is 0 Å². The summed E-state index contributed by atoms with van der Waals surface area (Å²) in [6.07, 6.45) is 3.88. The van der Waals surface area contributed by atoms with Crippen molar-refractivity contribution in [2.75, 3.05) is 31.1 Å². The number of amides is 3. The molecule has 0 saturated carbocycles. The summed E-state index contributed by atoms with van der Waals surface area (Å²) in [6.45, 7) is 12.0. The minimum Gasteiger partial charge on any atom is -0.394 e. The van der Waals surface area contributed by atoms with E-state index in [4.69, 9.17) is 16.3 Å². The molecule has 10 heteroatoms. The van der Waals surface area contributed by atoms with Crippen LogP contribution in [0.4, 0.5) is 5.69 Å². The third-order valence-corrected chi connectivity index (χ3v) is 8.95. The van der Waals surface area contributed by atoms with E-state index < -0.39 is 35.6 Å². The molecule has 1 spiro atoms. The fraction of sp³-hybridized carbons (Fsp3) is 0.536. The van der Waals surface area contributed by atoms with E-state index in [-0.39, 0.29) is 35.7 Å². The molecule has 3 unspecified atom stereocenters. The molecule has 3 heterocycles. The standard InChI is InChI=1S/C28H35BrClN3O5/c1-5-12-31(13-6-2)25(35)21-22-26(36)33(17(4)16-34)24(28(22)15-20(29)23(21)38-28)27(37)32(14-7-3)19-10-8-18(30)9-11-19/h5,7-11,17,20-24,34H,1,3,6,12-16H2,2,4H3/t17-,20?,21+,22+,23+,24?,28?/m1/s1. The Morgan fingerprint density at radius 3 is 2.50 bits per heavy atom. The van der Waals surface area contributed by atoms with Crippen LogP contribution in [-0.2, 0) is 19.1 Å². The summed E-state index contributed by atoms with van der Waals surface area (Å²) in [6, 6.07) is 5.18. The van der Waals surface area contributed by atoms with Gasteiger partial charge in [-0.3, -0.25) is 14.4 Å². The SMILES string of the molecule is C=CCN(CCC)C(=O)[C@H]1[C@H]2C(=O)N([C@H](C)CO)C(C(=O)N(CC=C)c3ccc(Cl)cc3)C23CC(Br)[C@@H]1O3. The molecule has 2 bridgehead atoms. The fourth-order valence-corrected chi connectivity index (χ4v) is 7.41. The predicted molar refractivity (Wildman–Crippen MR) is 150 cm³/mol. The number of carbonyl (C=O) groups excluding carboxylic acids is 3. The van der Waals surface area contributed by atoms with Crippen molar-refractivity contribution in [2.45, 2.75) is 55.3 Å². The predicted octanol–water partition coefficient (Wildman–Crippen LogP) is 3.41. The van der Waals surface area contributed by atoms with Crippen molar-refractivity contribution in [3.8, 4) is 0 Å². The topological polar surface area (TPSA) is 90.4 Å². The highest BCUT2D eigenvalue weighted by molar-refractivity contribution is 9.09. The molecule has 3 saturated heterocycles. The summed E-state index contributed by atoms with van der Waals surface area (Å²) in [5.41, 5.74) is -0.617. The van der Waals surface area contributed by atoms with Gasteiger partial charge in [0.05, 0.1) is 30.6 Å². The number of likely N-dealkylation sites (tertiary alicyclic amines) is 1. The number of aliphatic hydroxyl groups is 1. The van der Waals surface area contributed by atoms with Gasteiger partial charge in [-0.15, -0.1) is 13.2 Å². The van der Waals surface area contributed by atoms with Crippen LogP contribution in [0.2, 0.25) is 5.02 Å². The van der Waals surface area contributed by atoms with Crippen LogP contribution in [-0.4, -0.2) is 87.5 Å². The highest BCUT2D eigenvalue weighted by Crippen LogP contribution is 2.60. The summed E-state index contributed by atoms with van der Waals surface area (Å²) >= 11 is 9.79. The van der Waals surface area contributed by atoms with Crippen LogP contribution in [0.3, 0.4) is 0 Å². The smallest absolute Gasteiger partial charge is 0.253 e. The Morgan fingerprint density at radius 2 is 1.92 bits per heavy atom. The molecule has 1 aromatic rings. The molecule has 3 aliphatic heterocycles. The number of nitrogens with zero attached hydrogens (tertiary/aromatic N) is 3. The number of ether oxygens (including phenoxy) is 1. The van der Waals surface area contributed by atoms with Crippen LogP contribution >= 0.6 is 27.5 Å². The second kappa shape index (κ2) is 11.5. The van der Waals surface area contributed by atoms with Gasteiger partial charge in [-0.05, 0) is 44.0 Å². The summed E-state index contributed by atoms with van der Waals surface area (Å²) < 4.78 is 6.59. The van der Waals surface area contributed by atoms with E-state index in [1.165, 1.54) is 4.90 Å². The molecular formula is C28H35BrClN3O5. The molecule has 3 aliphatic rings. The zero-order valence-electron chi connectivity index (χ0n) is 21.8. The molecule has 206 valence electrons. The molecule has 8 nitrogen and oxygen atoms in total. The minimum absolute atomic E-state index is 0.175. The molecule has 0 radical (unpaired) electrons. The average molecular weight is 609 g/mol. The van der Waals surface area contributed by atoms with Gasteiger partial charge in [-0.1, -0.05) is 46.6 Å². The number of aliphatic hydroxyl groups excluding tert-OH is 1. The Labute approximate surface area is 237 Å². The minimum atomic E-state index is -1.21. The zero-order chi connectivity index (χ0) is 27.8. The second-order valence-electron chi connectivity index (χ2n) is 10.2. The maximum atomic E-state index is 14.4. The number of alkyl halides is 1. The first-order chi connectivity index (χ1) is 18.2. The first-order valence-electron chi connectivity index (χ1n) is 13.0. The van der Waals surface area contributed by atoms with Crippen molar-refractivity contribution >= 4 is 50.9 Å². The lowest BCUT2D eigenvalue weighted by molar-refractivity contribution is -0.147. The van der Waals surface area contributed by atoms with Crippen molar-refractivity contribution in [3.05, 3.63) is 54.6 Å². The fourth-order valence-electron chi connectivity index (χ4n) is 6.34. The Hall–Kier alpha value is -2.20. The van der Waals surface area contributed by atoms with Gasteiger partial charge in [0, 0.05) is 35.2 Å². The maximum Gasteiger partial charge on any atom is 0.253 e. The lowest BCUT2D eigenvalue weighted by atomic mass is 9.70. The van der Waals surface area contributed by atoms with Gasteiger partial charge in [0.15, 0.2) is 0 Å². The highest BCUT2D eigenvalue weighted by Gasteiger charge is 2.77. The molecule has 1 aromatic carbocycles. The van der Waals surface area contributed by atoms with Gasteiger partial charge >= 0.3 is 0 Å². The van der Waals surface area contributed by atoms with E-state index in [1.807, 2.05) is 6.92 Å². The highest BCUT2D eigenvalue weighted by atomic mass is 79.9. The Morgan fingerprint density at radius 1 is 1.26 bits per heavy atom. The zero-order valence-corrected chi connectivity index (χ0v) is 24.1. The number of anilines is 1. The first-order valence-corrected chi connectivity index (χ1v) is 14.3. The molecule has 3 fully saturated rings. The third kappa shape index (κ3) is 4.61. The lowest BCUT2D eigenvalue weighted by Crippen LogP contribution is -2.59. The van der Waals surface area contributed by atoms with E-state index in [1.54, 1.807) is 53.1 Å². The van der Waals surface area contributed by atoms with Gasteiger partial charge in [0.25, 0.3) is 5.91 Å². The summed E-state index contributed by atoms with van der Waals surface area (Å²) in [5, 5.41) is 10.6. The van der Waals surface area contributed by atoms with E-state index in [0.29, 0.717) is 30.2 Å². The van der Waals surface area contributed by atoms with E-state index in [9.17, 15) is 19.5 Å². The number of hydrogen-bond donors (Lipinski definition) is 1. The van der Waals surface area contributed by atoms with Gasteiger partial charge in [-0.2, -0.15) is 0 Å². The van der Waals surface area contributed by atoms with Crippen LogP contribution in [0.25, 0.3) is 0 Å². The molecule has 3 amide bonds. The summed E-state index contributed by atoms with van der Waals surface area (Å²) in [5.74, 6) is -2.45. The number of hydrogen-bond acceptors (Lipinski definition) is 5. The van der Waals surface area contributed by atoms with Crippen molar-refractivity contribution < 1.29 is 24.2 Å². The van der Waals surface area contributed by atoms with Crippen LogP contribution in [0, 0.1) is 11.8 Å². The van der Waals surface area contributed by atoms with E-state index in [2.05, 4.69) is 29.1 Å². The number of carbonyl (C=O) groups is 3. The maximum absolute atomic E-state index is 14.4. The monoisotopic (exact) mass is 607 g/mol. The molecule has 38 heavy (non-hydrogen) atoms. The summed E-state index contributed by atoms with van der Waals surface area (Å²) in [7, 11) is 0. The number of benzene rings is 1. The molecular weight excluding hydrogens is 574 g/mol. The number of fused-ring (bicyclic) bond motifs is 1. The quantitative estimate of drug-likeness (QED) is 0.307. The third-order valence-electron chi connectivity index (χ3n) is 7.86.